The molecule has 0 radical (unpaired) electrons. The zero-order chi connectivity index (χ0) is 10.0. The summed E-state index contributed by atoms with van der Waals surface area (Å²) in [6, 6.07) is 0. The standard InChI is InChI=1S/C8H16O5/c1-4(9)5-6(11-2)7(12-3)8(10)13-5/h4-10H,1-3H3/t4-,5-,6-,7-,8?/m1/s1. The van der Waals surface area contributed by atoms with Gasteiger partial charge in [-0.05, 0) is 6.92 Å². The van der Waals surface area contributed by atoms with Crippen LogP contribution in [0.4, 0.5) is 0 Å². The third-order valence-corrected chi connectivity index (χ3v) is 2.24. The third-order valence-electron chi connectivity index (χ3n) is 2.24. The Hall–Kier alpha value is -0.200. The molecule has 0 aromatic carbocycles. The van der Waals surface area contributed by atoms with Crippen molar-refractivity contribution in [3.8, 4) is 0 Å². The first-order chi connectivity index (χ1) is 6.11. The molecule has 2 N–H and O–H groups in total. The highest BCUT2D eigenvalue weighted by Gasteiger charge is 2.46. The maximum absolute atomic E-state index is 9.37. The Kier molecular flexibility index (Phi) is 3.63. The quantitative estimate of drug-likeness (QED) is 0.607. The minimum atomic E-state index is -1.03. The zero-order valence-corrected chi connectivity index (χ0v) is 8.01. The van der Waals surface area contributed by atoms with Crippen molar-refractivity contribution in [2.24, 2.45) is 0 Å². The Morgan fingerprint density at radius 3 is 2.15 bits per heavy atom. The van der Waals surface area contributed by atoms with Gasteiger partial charge >= 0.3 is 0 Å². The van der Waals surface area contributed by atoms with Gasteiger partial charge in [-0.2, -0.15) is 0 Å². The molecule has 0 amide bonds. The van der Waals surface area contributed by atoms with Crippen molar-refractivity contribution in [1.82, 2.24) is 0 Å². The Labute approximate surface area is 77.2 Å². The van der Waals surface area contributed by atoms with Crippen molar-refractivity contribution in [1.29, 1.82) is 0 Å². The van der Waals surface area contributed by atoms with Crippen molar-refractivity contribution in [3.05, 3.63) is 0 Å². The summed E-state index contributed by atoms with van der Waals surface area (Å²) < 4.78 is 15.2. The van der Waals surface area contributed by atoms with Gasteiger partial charge < -0.3 is 24.4 Å². The van der Waals surface area contributed by atoms with Crippen LogP contribution >= 0.6 is 0 Å². The van der Waals surface area contributed by atoms with Gasteiger partial charge in [0, 0.05) is 14.2 Å². The number of hydrogen-bond donors (Lipinski definition) is 2. The molecule has 0 spiro atoms. The summed E-state index contributed by atoms with van der Waals surface area (Å²) in [5.41, 5.74) is 0. The van der Waals surface area contributed by atoms with Crippen LogP contribution in [0.2, 0.25) is 0 Å². The average molecular weight is 192 g/mol. The predicted octanol–water partition coefficient (Wildman–Crippen LogP) is -0.886. The first kappa shape index (κ1) is 10.9. The van der Waals surface area contributed by atoms with E-state index in [-0.39, 0.29) is 0 Å². The minimum absolute atomic E-state index is 0.431. The molecule has 0 aromatic rings. The Morgan fingerprint density at radius 2 is 1.77 bits per heavy atom. The normalized spacial score (nSPS) is 42.2. The van der Waals surface area contributed by atoms with Crippen LogP contribution in [0.25, 0.3) is 0 Å². The number of ether oxygens (including phenoxy) is 3. The monoisotopic (exact) mass is 192 g/mol. The van der Waals surface area contributed by atoms with Gasteiger partial charge in [-0.3, -0.25) is 0 Å². The summed E-state index contributed by atoms with van der Waals surface area (Å²) in [6.45, 7) is 1.58. The highest BCUT2D eigenvalue weighted by molar-refractivity contribution is 4.90. The summed E-state index contributed by atoms with van der Waals surface area (Å²) in [7, 11) is 2.96. The molecule has 1 saturated heterocycles. The lowest BCUT2D eigenvalue weighted by atomic mass is 10.1. The molecule has 5 heteroatoms. The second-order valence-electron chi connectivity index (χ2n) is 3.13. The number of aliphatic hydroxyl groups excluding tert-OH is 2. The second-order valence-corrected chi connectivity index (χ2v) is 3.13. The van der Waals surface area contributed by atoms with E-state index in [2.05, 4.69) is 0 Å². The fourth-order valence-corrected chi connectivity index (χ4v) is 1.57. The van der Waals surface area contributed by atoms with Crippen molar-refractivity contribution in [3.63, 3.8) is 0 Å². The van der Waals surface area contributed by atoms with Crippen LogP contribution in [0.1, 0.15) is 6.92 Å². The van der Waals surface area contributed by atoms with Crippen molar-refractivity contribution in [2.75, 3.05) is 14.2 Å². The van der Waals surface area contributed by atoms with E-state index in [1.165, 1.54) is 14.2 Å². The molecule has 1 aliphatic rings. The molecule has 0 aromatic heterocycles. The van der Waals surface area contributed by atoms with Gasteiger partial charge in [-0.25, -0.2) is 0 Å². The molecule has 0 saturated carbocycles. The van der Waals surface area contributed by atoms with Gasteiger partial charge in [-0.15, -0.1) is 0 Å². The molecule has 5 nitrogen and oxygen atoms in total. The molecule has 0 bridgehead atoms. The Morgan fingerprint density at radius 1 is 1.23 bits per heavy atom. The van der Waals surface area contributed by atoms with Crippen molar-refractivity contribution < 1.29 is 24.4 Å². The predicted molar refractivity (Wildman–Crippen MR) is 44.2 cm³/mol. The number of aliphatic hydroxyl groups is 2. The lowest BCUT2D eigenvalue weighted by Gasteiger charge is -2.21. The van der Waals surface area contributed by atoms with Crippen molar-refractivity contribution in [2.45, 2.75) is 37.6 Å². The van der Waals surface area contributed by atoms with E-state index in [0.717, 1.165) is 0 Å². The van der Waals surface area contributed by atoms with E-state index in [1.54, 1.807) is 6.92 Å². The van der Waals surface area contributed by atoms with E-state index < -0.39 is 30.7 Å². The smallest absolute Gasteiger partial charge is 0.184 e. The largest absolute Gasteiger partial charge is 0.391 e. The average Bonchev–Trinajstić information content (AvgIpc) is 2.41. The number of methoxy groups -OCH3 is 2. The summed E-state index contributed by atoms with van der Waals surface area (Å²) in [5, 5.41) is 18.7. The first-order valence-corrected chi connectivity index (χ1v) is 4.19. The third kappa shape index (κ3) is 2.00. The van der Waals surface area contributed by atoms with Crippen LogP contribution in [-0.4, -0.2) is 55.1 Å². The minimum Gasteiger partial charge on any atom is -0.391 e. The maximum atomic E-state index is 9.37. The molecule has 78 valence electrons. The lowest BCUT2D eigenvalue weighted by molar-refractivity contribution is -0.148. The van der Waals surface area contributed by atoms with E-state index in [1.807, 2.05) is 0 Å². The summed E-state index contributed by atoms with van der Waals surface area (Å²) in [6.07, 6.45) is -3.23. The number of rotatable bonds is 3. The van der Waals surface area contributed by atoms with Crippen LogP contribution in [0.5, 0.6) is 0 Å². The van der Waals surface area contributed by atoms with E-state index >= 15 is 0 Å². The van der Waals surface area contributed by atoms with Gasteiger partial charge in [0.25, 0.3) is 0 Å². The van der Waals surface area contributed by atoms with E-state index in [0.29, 0.717) is 0 Å². The molecule has 1 heterocycles. The van der Waals surface area contributed by atoms with Crippen LogP contribution in [-0.2, 0) is 14.2 Å². The zero-order valence-electron chi connectivity index (χ0n) is 8.01. The highest BCUT2D eigenvalue weighted by Crippen LogP contribution is 2.26. The number of hydrogen-bond acceptors (Lipinski definition) is 5. The molecule has 0 aliphatic carbocycles. The fourth-order valence-electron chi connectivity index (χ4n) is 1.57. The van der Waals surface area contributed by atoms with Crippen molar-refractivity contribution >= 4 is 0 Å². The SMILES string of the molecule is CO[C@@H]1[C@@H]([C@@H](C)O)OC(O)[C@@H]1OC. The molecule has 1 rings (SSSR count). The molecule has 5 atom stereocenters. The Balaban J connectivity index is 2.69. The Bertz CT molecular complexity index is 161. The highest BCUT2D eigenvalue weighted by atomic mass is 16.7. The van der Waals surface area contributed by atoms with Crippen LogP contribution in [0.15, 0.2) is 0 Å². The van der Waals surface area contributed by atoms with Crippen LogP contribution in [0.3, 0.4) is 0 Å². The molecule has 1 fully saturated rings. The topological polar surface area (TPSA) is 68.2 Å². The van der Waals surface area contributed by atoms with Gasteiger partial charge in [0.2, 0.25) is 0 Å². The van der Waals surface area contributed by atoms with E-state index in [9.17, 15) is 10.2 Å². The molecule has 13 heavy (non-hydrogen) atoms. The van der Waals surface area contributed by atoms with Gasteiger partial charge in [0.15, 0.2) is 6.29 Å². The lowest BCUT2D eigenvalue weighted by Crippen LogP contribution is -2.40. The fraction of sp³-hybridized carbons (Fsp3) is 1.00. The molecular formula is C8H16O5. The molecular weight excluding hydrogens is 176 g/mol. The summed E-state index contributed by atoms with van der Waals surface area (Å²) in [4.78, 5) is 0. The summed E-state index contributed by atoms with van der Waals surface area (Å²) >= 11 is 0. The van der Waals surface area contributed by atoms with Gasteiger partial charge in [0.1, 0.15) is 18.3 Å². The van der Waals surface area contributed by atoms with Crippen LogP contribution in [0, 0.1) is 0 Å². The summed E-state index contributed by atoms with van der Waals surface area (Å²) in [5.74, 6) is 0. The van der Waals surface area contributed by atoms with Crippen LogP contribution < -0.4 is 0 Å². The van der Waals surface area contributed by atoms with E-state index in [4.69, 9.17) is 14.2 Å². The van der Waals surface area contributed by atoms with Gasteiger partial charge in [0.05, 0.1) is 6.10 Å². The molecule has 1 unspecified atom stereocenters. The second kappa shape index (κ2) is 4.34. The first-order valence-electron chi connectivity index (χ1n) is 4.19. The van der Waals surface area contributed by atoms with Gasteiger partial charge in [-0.1, -0.05) is 0 Å². The maximum Gasteiger partial charge on any atom is 0.184 e. The molecule has 1 aliphatic heterocycles.